The van der Waals surface area contributed by atoms with Crippen LogP contribution in [0.15, 0.2) is 12.1 Å². The summed E-state index contributed by atoms with van der Waals surface area (Å²) in [4.78, 5) is 14.1. The molecule has 0 fully saturated rings. The first kappa shape index (κ1) is 13.7. The lowest BCUT2D eigenvalue weighted by atomic mass is 10.1. The predicted octanol–water partition coefficient (Wildman–Crippen LogP) is 2.22. The number of hydrogen-bond acceptors (Lipinski definition) is 5. The molecule has 1 heterocycles. The third-order valence-corrected chi connectivity index (χ3v) is 2.51. The molecule has 0 aromatic carbocycles. The summed E-state index contributed by atoms with van der Waals surface area (Å²) >= 11 is 5.69. The number of pyridine rings is 1. The number of nitro groups is 1. The van der Waals surface area contributed by atoms with E-state index in [0.29, 0.717) is 12.2 Å². The topological polar surface area (TPSA) is 88.3 Å². The molecule has 0 radical (unpaired) electrons. The van der Waals surface area contributed by atoms with Crippen molar-refractivity contribution in [1.82, 2.24) is 4.98 Å². The van der Waals surface area contributed by atoms with Gasteiger partial charge < -0.3 is 10.4 Å². The van der Waals surface area contributed by atoms with E-state index in [4.69, 9.17) is 16.7 Å². The largest absolute Gasteiger partial charge is 0.396 e. The minimum absolute atomic E-state index is 0.0190. The Kier molecular flexibility index (Phi) is 5.11. The summed E-state index contributed by atoms with van der Waals surface area (Å²) in [5, 5.41) is 22.6. The van der Waals surface area contributed by atoms with Crippen LogP contribution in [0.2, 0.25) is 5.15 Å². The highest BCUT2D eigenvalue weighted by molar-refractivity contribution is 6.29. The zero-order valence-corrected chi connectivity index (χ0v) is 10.1. The number of aliphatic hydroxyl groups is 1. The third-order valence-electron chi connectivity index (χ3n) is 2.31. The number of nitrogens with zero attached hydrogens (tertiary/aromatic N) is 2. The number of aliphatic hydroxyl groups excluding tert-OH is 1. The smallest absolute Gasteiger partial charge is 0.276 e. The minimum Gasteiger partial charge on any atom is -0.396 e. The molecule has 1 unspecified atom stereocenters. The maximum atomic E-state index is 10.6. The van der Waals surface area contributed by atoms with Crippen LogP contribution in [0.4, 0.5) is 11.5 Å². The molecule has 2 N–H and O–H groups in total. The fraction of sp³-hybridized carbons (Fsp3) is 0.500. The van der Waals surface area contributed by atoms with Crippen molar-refractivity contribution in [3.8, 4) is 0 Å². The molecule has 1 atom stereocenters. The van der Waals surface area contributed by atoms with Gasteiger partial charge in [-0.3, -0.25) is 10.1 Å². The van der Waals surface area contributed by atoms with Crippen molar-refractivity contribution >= 4 is 23.1 Å². The van der Waals surface area contributed by atoms with Gasteiger partial charge in [-0.1, -0.05) is 18.5 Å². The van der Waals surface area contributed by atoms with Gasteiger partial charge in [0.05, 0.1) is 17.1 Å². The maximum absolute atomic E-state index is 10.6. The monoisotopic (exact) mass is 259 g/mol. The van der Waals surface area contributed by atoms with Crippen LogP contribution >= 0.6 is 11.6 Å². The Bertz CT molecular complexity index is 400. The van der Waals surface area contributed by atoms with Gasteiger partial charge in [-0.15, -0.1) is 0 Å². The lowest BCUT2D eigenvalue weighted by Crippen LogP contribution is -2.20. The van der Waals surface area contributed by atoms with E-state index in [1.165, 1.54) is 12.1 Å². The van der Waals surface area contributed by atoms with E-state index in [1.54, 1.807) is 0 Å². The zero-order valence-electron chi connectivity index (χ0n) is 9.39. The van der Waals surface area contributed by atoms with E-state index >= 15 is 0 Å². The molecule has 17 heavy (non-hydrogen) atoms. The average Bonchev–Trinajstić information content (AvgIpc) is 2.27. The first-order valence-electron chi connectivity index (χ1n) is 5.26. The van der Waals surface area contributed by atoms with Crippen molar-refractivity contribution in [2.24, 2.45) is 0 Å². The molecule has 1 rings (SSSR count). The summed E-state index contributed by atoms with van der Waals surface area (Å²) in [6.07, 6.45) is 1.33. The van der Waals surface area contributed by atoms with E-state index in [-0.39, 0.29) is 23.5 Å². The average molecular weight is 260 g/mol. The molecule has 0 aliphatic heterocycles. The van der Waals surface area contributed by atoms with E-state index in [9.17, 15) is 10.1 Å². The Morgan fingerprint density at radius 3 is 2.88 bits per heavy atom. The molecule has 7 heteroatoms. The van der Waals surface area contributed by atoms with Gasteiger partial charge in [0, 0.05) is 12.6 Å². The van der Waals surface area contributed by atoms with Gasteiger partial charge in [-0.05, 0) is 12.8 Å². The minimum atomic E-state index is -0.522. The van der Waals surface area contributed by atoms with E-state index < -0.39 is 4.92 Å². The molecule has 0 bridgehead atoms. The van der Waals surface area contributed by atoms with Crippen LogP contribution in [0.1, 0.15) is 19.8 Å². The van der Waals surface area contributed by atoms with Gasteiger partial charge in [0.1, 0.15) is 11.0 Å². The summed E-state index contributed by atoms with van der Waals surface area (Å²) in [6.45, 7) is 2.00. The SMILES string of the molecule is CCC(CCO)Nc1cc([N+](=O)[O-])cc(Cl)n1. The second-order valence-electron chi connectivity index (χ2n) is 3.55. The second-order valence-corrected chi connectivity index (χ2v) is 3.94. The zero-order chi connectivity index (χ0) is 12.8. The molecule has 0 spiro atoms. The van der Waals surface area contributed by atoms with Crippen LogP contribution in [0.5, 0.6) is 0 Å². The van der Waals surface area contributed by atoms with E-state index in [2.05, 4.69) is 10.3 Å². The van der Waals surface area contributed by atoms with Crippen LogP contribution in [0, 0.1) is 10.1 Å². The van der Waals surface area contributed by atoms with Crippen molar-refractivity contribution in [2.75, 3.05) is 11.9 Å². The molecule has 6 nitrogen and oxygen atoms in total. The normalized spacial score (nSPS) is 12.2. The van der Waals surface area contributed by atoms with E-state index in [1.807, 2.05) is 6.92 Å². The van der Waals surface area contributed by atoms with E-state index in [0.717, 1.165) is 6.42 Å². The molecule has 94 valence electrons. The molecule has 1 aromatic heterocycles. The molecular weight excluding hydrogens is 246 g/mol. The fourth-order valence-electron chi connectivity index (χ4n) is 1.41. The summed E-state index contributed by atoms with van der Waals surface area (Å²) in [7, 11) is 0. The molecule has 0 saturated heterocycles. The van der Waals surface area contributed by atoms with Gasteiger partial charge in [-0.2, -0.15) is 0 Å². The molecular formula is C10H14ClN3O3. The van der Waals surface area contributed by atoms with Crippen molar-refractivity contribution in [1.29, 1.82) is 0 Å². The highest BCUT2D eigenvalue weighted by Gasteiger charge is 2.12. The lowest BCUT2D eigenvalue weighted by molar-refractivity contribution is -0.384. The van der Waals surface area contributed by atoms with Gasteiger partial charge in [0.25, 0.3) is 5.69 Å². The Hall–Kier alpha value is -1.40. The van der Waals surface area contributed by atoms with Crippen LogP contribution in [0.3, 0.4) is 0 Å². The third kappa shape index (κ3) is 4.16. The molecule has 0 aliphatic carbocycles. The number of nitrogens with one attached hydrogen (secondary N) is 1. The number of halogens is 1. The standard InChI is InChI=1S/C10H14ClN3O3/c1-2-7(3-4-15)12-10-6-8(14(16)17)5-9(11)13-10/h5-7,15H,2-4H2,1H3,(H,12,13). The molecule has 0 saturated carbocycles. The van der Waals surface area contributed by atoms with Crippen molar-refractivity contribution in [3.63, 3.8) is 0 Å². The van der Waals surface area contributed by atoms with Crippen LogP contribution in [0.25, 0.3) is 0 Å². The van der Waals surface area contributed by atoms with Crippen LogP contribution < -0.4 is 5.32 Å². The molecule has 0 amide bonds. The van der Waals surface area contributed by atoms with Gasteiger partial charge >= 0.3 is 0 Å². The maximum Gasteiger partial charge on any atom is 0.276 e. The summed E-state index contributed by atoms with van der Waals surface area (Å²) < 4.78 is 0. The second kappa shape index (κ2) is 6.36. The van der Waals surface area contributed by atoms with Crippen LogP contribution in [-0.4, -0.2) is 27.7 Å². The number of hydrogen-bond donors (Lipinski definition) is 2. The predicted molar refractivity (Wildman–Crippen MR) is 65.3 cm³/mol. The van der Waals surface area contributed by atoms with Gasteiger partial charge in [0.15, 0.2) is 0 Å². The fourth-order valence-corrected chi connectivity index (χ4v) is 1.61. The highest BCUT2D eigenvalue weighted by Crippen LogP contribution is 2.21. The Balaban J connectivity index is 2.86. The lowest BCUT2D eigenvalue weighted by Gasteiger charge is -2.16. The quantitative estimate of drug-likeness (QED) is 0.465. The Morgan fingerprint density at radius 1 is 1.65 bits per heavy atom. The van der Waals surface area contributed by atoms with Gasteiger partial charge in [-0.25, -0.2) is 4.98 Å². The van der Waals surface area contributed by atoms with Crippen molar-refractivity contribution < 1.29 is 10.0 Å². The number of rotatable bonds is 6. The molecule has 0 aliphatic rings. The number of anilines is 1. The summed E-state index contributed by atoms with van der Waals surface area (Å²) in [6, 6.07) is 2.54. The number of aromatic nitrogens is 1. The highest BCUT2D eigenvalue weighted by atomic mass is 35.5. The Morgan fingerprint density at radius 2 is 2.35 bits per heavy atom. The molecule has 1 aromatic rings. The van der Waals surface area contributed by atoms with Crippen molar-refractivity contribution in [2.45, 2.75) is 25.8 Å². The summed E-state index contributed by atoms with van der Waals surface area (Å²) in [5.74, 6) is 0.351. The van der Waals surface area contributed by atoms with Crippen LogP contribution in [-0.2, 0) is 0 Å². The first-order chi connectivity index (χ1) is 8.06. The Labute approximate surface area is 104 Å². The van der Waals surface area contributed by atoms with Crippen molar-refractivity contribution in [3.05, 3.63) is 27.4 Å². The summed E-state index contributed by atoms with van der Waals surface area (Å²) in [5.41, 5.74) is -0.105. The first-order valence-corrected chi connectivity index (χ1v) is 5.64. The van der Waals surface area contributed by atoms with Gasteiger partial charge in [0.2, 0.25) is 0 Å².